The van der Waals surface area contributed by atoms with Crippen LogP contribution in [0.2, 0.25) is 0 Å². The Labute approximate surface area is 621 Å². The number of imidazole rings is 1. The summed E-state index contributed by atoms with van der Waals surface area (Å²) in [5.41, 5.74) is 8.07. The number of benzene rings is 8. The molecule has 2 aromatic heterocycles. The number of fused-ring (bicyclic) bond motifs is 5. The van der Waals surface area contributed by atoms with Gasteiger partial charge in [0.25, 0.3) is 5.56 Å². The maximum Gasteiger partial charge on any atom is 0.258 e. The van der Waals surface area contributed by atoms with Gasteiger partial charge in [-0.25, -0.2) is 4.98 Å². The van der Waals surface area contributed by atoms with Gasteiger partial charge in [-0.3, -0.25) is 33.6 Å². The van der Waals surface area contributed by atoms with E-state index in [1.54, 1.807) is 108 Å². The molecule has 0 radical (unpaired) electrons. The number of aromatic nitrogens is 3. The van der Waals surface area contributed by atoms with Crippen LogP contribution in [-0.2, 0) is 28.8 Å². The average molecular weight is 1460 g/mol. The van der Waals surface area contributed by atoms with Crippen molar-refractivity contribution in [2.45, 2.75) is 157 Å². The Morgan fingerprint density at radius 3 is 0.796 bits per heavy atom. The zero-order valence-corrected chi connectivity index (χ0v) is 61.4. The molecular formula is C84H81N9O15. The first-order valence-corrected chi connectivity index (χ1v) is 37.0. The van der Waals surface area contributed by atoms with Crippen LogP contribution in [0.25, 0.3) is 22.4 Å². The molecule has 0 spiro atoms. The minimum Gasteiger partial charge on any atom is -0.453 e. The van der Waals surface area contributed by atoms with E-state index in [1.807, 2.05) is 24.3 Å². The molecule has 6 heterocycles. The van der Waals surface area contributed by atoms with Crippen LogP contribution >= 0.6 is 0 Å². The van der Waals surface area contributed by atoms with Gasteiger partial charge in [-0.1, -0.05) is 69.2 Å². The molecule has 1 aliphatic carbocycles. The molecule has 108 heavy (non-hydrogen) atoms. The van der Waals surface area contributed by atoms with E-state index in [-0.39, 0.29) is 160 Å². The lowest BCUT2D eigenvalue weighted by Crippen LogP contribution is -2.15. The van der Waals surface area contributed by atoms with E-state index in [2.05, 4.69) is 93.8 Å². The predicted molar refractivity (Wildman–Crippen MR) is 410 cm³/mol. The molecule has 8 aromatic carbocycles. The van der Waals surface area contributed by atoms with E-state index >= 15 is 0 Å². The van der Waals surface area contributed by atoms with Gasteiger partial charge in [-0.05, 0) is 62.1 Å². The standard InChI is InChI=1S/C84H81N9O15/c1-11-40-45-24-47-41(12-2)49-26-51-43(14-4)52-27-50-42(13-3)48-25-46(40)62-37-64(48)104-72-31-56(89-80(97)18-8)58(91-82(99)20-10)33-74(72)106-66(50)39-68(52)108-76-35-60-59(92-83(93-60)44-22-21-23-85-84(44)100)34-75(76)107-67(51)38-65(49)105-73-32-57(90-81(98)19-9)55(88-79(96)17-7)30-71(73)103-63(47)36-61(45)101-69-28-53(86-77(94)15-5)54(29-70(69)102-62)87-78(95)16-6/h21-43H,11-20H2,1-10H3,(H,85,100)(H,86,94)(H,87,95)(H,88,96)(H,89,97)(H,90,98)(H,91,99)(H,92,93). The Balaban J connectivity index is 1.10. The molecule has 8 bridgehead atoms. The van der Waals surface area contributed by atoms with Crippen molar-refractivity contribution in [3.8, 4) is 103 Å². The summed E-state index contributed by atoms with van der Waals surface area (Å²) in [6.45, 7) is 18.7. The van der Waals surface area contributed by atoms with Crippen LogP contribution < -0.4 is 75.4 Å². The van der Waals surface area contributed by atoms with Crippen LogP contribution in [0.3, 0.4) is 0 Å². The van der Waals surface area contributed by atoms with Gasteiger partial charge in [0.1, 0.15) is 51.8 Å². The summed E-state index contributed by atoms with van der Waals surface area (Å²) in [7, 11) is 0. The molecule has 5 aliphatic rings. The number of carbonyl (C=O) groups excluding carboxylic acids is 6. The van der Waals surface area contributed by atoms with E-state index in [0.717, 1.165) is 22.3 Å². The van der Waals surface area contributed by atoms with Gasteiger partial charge < -0.3 is 79.8 Å². The summed E-state index contributed by atoms with van der Waals surface area (Å²) >= 11 is 0. The third-order valence-electron chi connectivity index (χ3n) is 20.4. The summed E-state index contributed by atoms with van der Waals surface area (Å²) in [6, 6.07) is 32.6. The van der Waals surface area contributed by atoms with E-state index in [0.29, 0.717) is 116 Å². The molecule has 4 unspecified atom stereocenters. The zero-order chi connectivity index (χ0) is 75.5. The Morgan fingerprint density at radius 2 is 0.565 bits per heavy atom. The molecule has 0 fully saturated rings. The highest BCUT2D eigenvalue weighted by molar-refractivity contribution is 6.03. The molecule has 0 saturated carbocycles. The van der Waals surface area contributed by atoms with E-state index in [9.17, 15) is 33.6 Å². The number of anilines is 6. The number of hydrogen-bond acceptors (Lipinski definition) is 16. The molecule has 10 aromatic rings. The number of nitrogens with zero attached hydrogens (tertiary/aromatic N) is 1. The van der Waals surface area contributed by atoms with Crippen molar-refractivity contribution in [2.75, 3.05) is 31.9 Å². The maximum absolute atomic E-state index is 13.6. The van der Waals surface area contributed by atoms with Crippen LogP contribution in [0.5, 0.6) is 92.0 Å². The second-order valence-electron chi connectivity index (χ2n) is 27.1. The van der Waals surface area contributed by atoms with Gasteiger partial charge in [0.2, 0.25) is 35.4 Å². The summed E-state index contributed by atoms with van der Waals surface area (Å²) in [4.78, 5) is 106. The van der Waals surface area contributed by atoms with Crippen LogP contribution in [-0.4, -0.2) is 50.4 Å². The molecule has 8 N–H and O–H groups in total. The molecule has 4 aliphatic heterocycles. The molecular weight excluding hydrogens is 1370 g/mol. The number of amides is 6. The fourth-order valence-electron chi connectivity index (χ4n) is 14.8. The van der Waals surface area contributed by atoms with Crippen molar-refractivity contribution in [3.05, 3.63) is 170 Å². The second-order valence-corrected chi connectivity index (χ2v) is 27.1. The third-order valence-corrected chi connectivity index (χ3v) is 20.4. The average Bonchev–Trinajstić information content (AvgIpc) is 1.31. The Morgan fingerprint density at radius 1 is 0.324 bits per heavy atom. The van der Waals surface area contributed by atoms with Gasteiger partial charge in [0.15, 0.2) is 46.0 Å². The number of ether oxygens (including phenoxy) is 8. The third kappa shape index (κ3) is 13.1. The zero-order valence-electron chi connectivity index (χ0n) is 61.4. The lowest BCUT2D eigenvalue weighted by Gasteiger charge is -2.29. The van der Waals surface area contributed by atoms with Gasteiger partial charge in [0, 0.05) is 186 Å². The van der Waals surface area contributed by atoms with Crippen molar-refractivity contribution in [3.63, 3.8) is 0 Å². The van der Waals surface area contributed by atoms with Gasteiger partial charge in [-0.15, -0.1) is 0 Å². The molecule has 24 heteroatoms. The SMILES string of the molecule is CCC(=O)Nc1cc2c(cc1NC(=O)CC)Oc1cc3c4cc1C(CC)c1cc5c(cc1O2)Oc1cc(NC(=O)CC)c(NC(=O)CC)cc1Oc1cc2c(cc1C5CC)C(CC)c1cc(c(cc1Oc1cc5[nH]c(-c6ccc[nH]c6=O)nc5cc1O2)Oc1cc(NC(=O)CC)c(NC(=O)CC)cc1O3)C4CC. The van der Waals surface area contributed by atoms with Crippen molar-refractivity contribution >= 4 is 80.6 Å². The van der Waals surface area contributed by atoms with Crippen molar-refractivity contribution in [1.29, 1.82) is 0 Å². The number of rotatable bonds is 17. The number of pyridine rings is 1. The number of H-pyrrole nitrogens is 2. The van der Waals surface area contributed by atoms with E-state index in [4.69, 9.17) is 42.9 Å². The fourth-order valence-corrected chi connectivity index (χ4v) is 14.8. The summed E-state index contributed by atoms with van der Waals surface area (Å²) in [5, 5.41) is 18.0. The van der Waals surface area contributed by atoms with Crippen molar-refractivity contribution in [2.24, 2.45) is 0 Å². The van der Waals surface area contributed by atoms with Gasteiger partial charge >= 0.3 is 0 Å². The maximum atomic E-state index is 13.6. The Bertz CT molecular complexity index is 5190. The first kappa shape index (κ1) is 71.0. The number of carbonyl (C=O) groups is 6. The monoisotopic (exact) mass is 1460 g/mol. The number of hydrogen-bond donors (Lipinski definition) is 8. The topological polar surface area (TPSA) is 310 Å². The van der Waals surface area contributed by atoms with Crippen molar-refractivity contribution < 1.29 is 66.7 Å². The first-order valence-electron chi connectivity index (χ1n) is 37.0. The van der Waals surface area contributed by atoms with Crippen LogP contribution in [0, 0.1) is 0 Å². The molecule has 6 amide bonds. The quantitative estimate of drug-likeness (QED) is 0.0420. The van der Waals surface area contributed by atoms with Crippen molar-refractivity contribution in [1.82, 2.24) is 15.0 Å². The van der Waals surface area contributed by atoms with E-state index < -0.39 is 23.7 Å². The summed E-state index contributed by atoms with van der Waals surface area (Å²) < 4.78 is 59.2. The second kappa shape index (κ2) is 29.0. The smallest absolute Gasteiger partial charge is 0.258 e. The highest BCUT2D eigenvalue weighted by Crippen LogP contribution is 2.60. The molecule has 4 atom stereocenters. The van der Waals surface area contributed by atoms with Crippen LogP contribution in [0.4, 0.5) is 34.1 Å². The van der Waals surface area contributed by atoms with Gasteiger partial charge in [-0.2, -0.15) is 0 Å². The Hall–Kier alpha value is -12.6. The highest BCUT2D eigenvalue weighted by Gasteiger charge is 2.39. The Kier molecular flexibility index (Phi) is 19.1. The largest absolute Gasteiger partial charge is 0.453 e. The lowest BCUT2D eigenvalue weighted by molar-refractivity contribution is -0.116. The van der Waals surface area contributed by atoms with Gasteiger partial charge in [0.05, 0.1) is 50.7 Å². The predicted octanol–water partition coefficient (Wildman–Crippen LogP) is 20.1. The first-order chi connectivity index (χ1) is 52.3. The molecule has 552 valence electrons. The number of nitrogens with one attached hydrogen (secondary N) is 8. The highest BCUT2D eigenvalue weighted by atomic mass is 16.5. The van der Waals surface area contributed by atoms with E-state index in [1.165, 1.54) is 0 Å². The lowest BCUT2D eigenvalue weighted by atomic mass is 9.77. The fraction of sp³-hybridized carbons (Fsp3) is 0.286. The molecule has 24 nitrogen and oxygen atoms in total. The molecule has 0 saturated heterocycles. The minimum atomic E-state index is -0.575. The normalized spacial score (nSPS) is 15.6. The molecule has 15 rings (SSSR count). The summed E-state index contributed by atoms with van der Waals surface area (Å²) in [5.74, 6) is 0.168. The number of aromatic amines is 2. The van der Waals surface area contributed by atoms with Crippen LogP contribution in [0.1, 0.15) is 202 Å². The van der Waals surface area contributed by atoms with Crippen LogP contribution in [0.15, 0.2) is 120 Å². The minimum absolute atomic E-state index is 0.107. The summed E-state index contributed by atoms with van der Waals surface area (Å²) in [6.07, 6.45) is 4.04.